The van der Waals surface area contributed by atoms with E-state index in [-0.39, 0.29) is 17.4 Å². The van der Waals surface area contributed by atoms with Crippen molar-refractivity contribution in [1.82, 2.24) is 14.6 Å². The molecule has 0 bridgehead atoms. The Bertz CT molecular complexity index is 772. The van der Waals surface area contributed by atoms with Gasteiger partial charge in [-0.1, -0.05) is 6.07 Å². The number of halogens is 2. The second kappa shape index (κ2) is 5.31. The molecule has 1 aromatic carbocycles. The van der Waals surface area contributed by atoms with Crippen molar-refractivity contribution in [3.05, 3.63) is 36.0 Å². The Labute approximate surface area is 129 Å². The first-order valence-electron chi connectivity index (χ1n) is 7.18. The van der Waals surface area contributed by atoms with Gasteiger partial charge in [0.05, 0.1) is 17.5 Å². The highest BCUT2D eigenvalue weighted by atomic mass is 32.1. The van der Waals surface area contributed by atoms with Crippen molar-refractivity contribution in [1.29, 1.82) is 0 Å². The Morgan fingerprint density at radius 3 is 2.59 bits per heavy atom. The van der Waals surface area contributed by atoms with Crippen LogP contribution in [0.15, 0.2) is 24.4 Å². The standard InChI is InChI=1S/C15H13F2N3OS/c16-10-6-3-7-11(17)13(10)12-8-20-14(18-12)22-15(19-20)21-9-4-1-2-5-9/h3,6-9H,1-2,4-5H2. The summed E-state index contributed by atoms with van der Waals surface area (Å²) in [4.78, 5) is 4.82. The van der Waals surface area contributed by atoms with Gasteiger partial charge in [0.15, 0.2) is 0 Å². The number of rotatable bonds is 3. The van der Waals surface area contributed by atoms with E-state index in [4.69, 9.17) is 4.74 Å². The van der Waals surface area contributed by atoms with Crippen LogP contribution in [0.4, 0.5) is 8.78 Å². The molecule has 0 atom stereocenters. The van der Waals surface area contributed by atoms with Gasteiger partial charge in [-0.25, -0.2) is 18.3 Å². The van der Waals surface area contributed by atoms with Crippen molar-refractivity contribution in [3.63, 3.8) is 0 Å². The van der Waals surface area contributed by atoms with Crippen LogP contribution in [0.25, 0.3) is 16.2 Å². The summed E-state index contributed by atoms with van der Waals surface area (Å²) >= 11 is 1.28. The predicted molar refractivity (Wildman–Crippen MR) is 79.1 cm³/mol. The quantitative estimate of drug-likeness (QED) is 0.730. The molecule has 0 saturated heterocycles. The first-order valence-corrected chi connectivity index (χ1v) is 7.99. The van der Waals surface area contributed by atoms with Crippen LogP contribution in [0.2, 0.25) is 0 Å². The van der Waals surface area contributed by atoms with Gasteiger partial charge < -0.3 is 4.74 Å². The second-order valence-electron chi connectivity index (χ2n) is 5.34. The van der Waals surface area contributed by atoms with Crippen molar-refractivity contribution in [2.24, 2.45) is 0 Å². The maximum absolute atomic E-state index is 13.8. The molecular weight excluding hydrogens is 308 g/mol. The molecule has 7 heteroatoms. The number of ether oxygens (including phenoxy) is 1. The van der Waals surface area contributed by atoms with Gasteiger partial charge in [-0.2, -0.15) is 0 Å². The van der Waals surface area contributed by atoms with Gasteiger partial charge in [-0.3, -0.25) is 0 Å². The van der Waals surface area contributed by atoms with Crippen molar-refractivity contribution in [3.8, 4) is 16.5 Å². The van der Waals surface area contributed by atoms with Crippen molar-refractivity contribution >= 4 is 16.3 Å². The van der Waals surface area contributed by atoms with E-state index in [2.05, 4.69) is 10.1 Å². The molecule has 4 nitrogen and oxygen atoms in total. The lowest BCUT2D eigenvalue weighted by molar-refractivity contribution is 0.207. The molecular formula is C15H13F2N3OS. The number of aromatic nitrogens is 3. The van der Waals surface area contributed by atoms with Crippen LogP contribution in [0, 0.1) is 11.6 Å². The van der Waals surface area contributed by atoms with Crippen molar-refractivity contribution in [2.75, 3.05) is 0 Å². The molecule has 0 spiro atoms. The predicted octanol–water partition coefficient (Wildman–Crippen LogP) is 4.06. The summed E-state index contributed by atoms with van der Waals surface area (Å²) in [6, 6.07) is 3.76. The van der Waals surface area contributed by atoms with E-state index in [1.807, 2.05) is 0 Å². The lowest BCUT2D eigenvalue weighted by Gasteiger charge is -2.08. The molecule has 2 heterocycles. The zero-order chi connectivity index (χ0) is 15.1. The van der Waals surface area contributed by atoms with Gasteiger partial charge in [0.25, 0.3) is 5.19 Å². The fourth-order valence-corrected chi connectivity index (χ4v) is 3.54. The number of hydrogen-bond acceptors (Lipinski definition) is 4. The number of nitrogens with zero attached hydrogens (tertiary/aromatic N) is 3. The summed E-state index contributed by atoms with van der Waals surface area (Å²) in [5.41, 5.74) is 0.111. The minimum Gasteiger partial charge on any atom is -0.466 e. The SMILES string of the molecule is Fc1cccc(F)c1-c1cn2nc(OC3CCCC3)sc2n1. The molecule has 0 amide bonds. The molecule has 0 N–H and O–H groups in total. The molecule has 1 saturated carbocycles. The zero-order valence-electron chi connectivity index (χ0n) is 11.6. The Morgan fingerprint density at radius 1 is 1.18 bits per heavy atom. The highest BCUT2D eigenvalue weighted by Gasteiger charge is 2.20. The third kappa shape index (κ3) is 2.35. The van der Waals surface area contributed by atoms with Crippen LogP contribution in [-0.4, -0.2) is 20.7 Å². The summed E-state index contributed by atoms with van der Waals surface area (Å²) in [5.74, 6) is -1.26. The second-order valence-corrected chi connectivity index (χ2v) is 6.26. The molecule has 0 radical (unpaired) electrons. The first kappa shape index (κ1) is 13.6. The largest absolute Gasteiger partial charge is 0.466 e. The molecule has 3 aromatic rings. The maximum Gasteiger partial charge on any atom is 0.294 e. The first-order chi connectivity index (χ1) is 10.7. The third-order valence-corrected chi connectivity index (χ3v) is 4.63. The number of benzene rings is 1. The molecule has 1 fully saturated rings. The fourth-order valence-electron chi connectivity index (χ4n) is 2.74. The Morgan fingerprint density at radius 2 is 1.91 bits per heavy atom. The number of hydrogen-bond donors (Lipinski definition) is 0. The van der Waals surface area contributed by atoms with E-state index in [0.29, 0.717) is 10.2 Å². The van der Waals surface area contributed by atoms with E-state index >= 15 is 0 Å². The summed E-state index contributed by atoms with van der Waals surface area (Å²) < 4.78 is 34.9. The highest BCUT2D eigenvalue weighted by Crippen LogP contribution is 2.31. The normalized spacial score (nSPS) is 15.7. The Balaban J connectivity index is 1.66. The Kier molecular flexibility index (Phi) is 3.29. The van der Waals surface area contributed by atoms with Crippen LogP contribution in [-0.2, 0) is 0 Å². The average molecular weight is 321 g/mol. The average Bonchev–Trinajstić information content (AvgIpc) is 3.15. The van der Waals surface area contributed by atoms with Gasteiger partial charge in [0.1, 0.15) is 17.7 Å². The van der Waals surface area contributed by atoms with Crippen LogP contribution in [0.1, 0.15) is 25.7 Å². The van der Waals surface area contributed by atoms with E-state index < -0.39 is 11.6 Å². The summed E-state index contributed by atoms with van der Waals surface area (Å²) in [5, 5.41) is 4.84. The smallest absolute Gasteiger partial charge is 0.294 e. The van der Waals surface area contributed by atoms with Crippen LogP contribution < -0.4 is 4.74 Å². The molecule has 1 aliphatic carbocycles. The lowest BCUT2D eigenvalue weighted by Crippen LogP contribution is -2.10. The van der Waals surface area contributed by atoms with Crippen LogP contribution >= 0.6 is 11.3 Å². The Hall–Kier alpha value is -2.02. The number of fused-ring (bicyclic) bond motifs is 1. The summed E-state index contributed by atoms with van der Waals surface area (Å²) in [6.45, 7) is 0. The lowest BCUT2D eigenvalue weighted by atomic mass is 10.1. The molecule has 22 heavy (non-hydrogen) atoms. The van der Waals surface area contributed by atoms with E-state index in [0.717, 1.165) is 12.8 Å². The summed E-state index contributed by atoms with van der Waals surface area (Å²) in [7, 11) is 0. The third-order valence-electron chi connectivity index (χ3n) is 3.81. The van der Waals surface area contributed by atoms with E-state index in [9.17, 15) is 8.78 Å². The molecule has 4 rings (SSSR count). The maximum atomic E-state index is 13.8. The van der Waals surface area contributed by atoms with Gasteiger partial charge >= 0.3 is 0 Å². The van der Waals surface area contributed by atoms with Gasteiger partial charge in [0, 0.05) is 0 Å². The topological polar surface area (TPSA) is 39.4 Å². The zero-order valence-corrected chi connectivity index (χ0v) is 12.4. The molecule has 2 aromatic heterocycles. The summed E-state index contributed by atoms with van der Waals surface area (Å²) in [6.07, 6.45) is 6.21. The van der Waals surface area contributed by atoms with Gasteiger partial charge in [-0.05, 0) is 49.2 Å². The minimum atomic E-state index is -0.631. The van der Waals surface area contributed by atoms with Gasteiger partial charge in [-0.15, -0.1) is 5.10 Å². The van der Waals surface area contributed by atoms with Crippen LogP contribution in [0.3, 0.4) is 0 Å². The van der Waals surface area contributed by atoms with E-state index in [1.165, 1.54) is 53.1 Å². The van der Waals surface area contributed by atoms with Gasteiger partial charge in [0.2, 0.25) is 4.96 Å². The van der Waals surface area contributed by atoms with E-state index in [1.54, 1.807) is 0 Å². The fraction of sp³-hybridized carbons (Fsp3) is 0.333. The van der Waals surface area contributed by atoms with Crippen molar-refractivity contribution in [2.45, 2.75) is 31.8 Å². The molecule has 1 aliphatic rings. The molecule has 0 unspecified atom stereocenters. The monoisotopic (exact) mass is 321 g/mol. The van der Waals surface area contributed by atoms with Crippen molar-refractivity contribution < 1.29 is 13.5 Å². The molecule has 114 valence electrons. The minimum absolute atomic E-state index is 0.126. The molecule has 0 aliphatic heterocycles. The highest BCUT2D eigenvalue weighted by molar-refractivity contribution is 7.18. The number of imidazole rings is 1. The van der Waals surface area contributed by atoms with Crippen LogP contribution in [0.5, 0.6) is 5.19 Å².